The van der Waals surface area contributed by atoms with Crippen molar-refractivity contribution in [2.24, 2.45) is 0 Å². The Morgan fingerprint density at radius 1 is 1.67 bits per heavy atom. The van der Waals surface area contributed by atoms with Gasteiger partial charge in [0.2, 0.25) is 0 Å². The molecule has 0 aliphatic carbocycles. The van der Waals surface area contributed by atoms with E-state index in [9.17, 15) is 8.42 Å². The summed E-state index contributed by atoms with van der Waals surface area (Å²) < 4.78 is 32.2. The second-order valence-corrected chi connectivity index (χ2v) is 5.76. The molecule has 0 aromatic heterocycles. The van der Waals surface area contributed by atoms with Gasteiger partial charge in [-0.3, -0.25) is 0 Å². The molecular weight excluding hydrogens is 238 g/mol. The lowest BCUT2D eigenvalue weighted by Crippen LogP contribution is -2.36. The maximum atomic E-state index is 11.1. The van der Waals surface area contributed by atoms with E-state index in [1.807, 2.05) is 0 Å². The van der Waals surface area contributed by atoms with Gasteiger partial charge in [-0.05, 0) is 18.3 Å². The second kappa shape index (κ2) is 4.07. The number of hydrogen-bond donors (Lipinski definition) is 1. The van der Waals surface area contributed by atoms with E-state index in [1.165, 1.54) is 5.41 Å². The van der Waals surface area contributed by atoms with Crippen molar-refractivity contribution in [3.05, 3.63) is 11.5 Å². The molecule has 0 radical (unpaired) electrons. The van der Waals surface area contributed by atoms with Crippen molar-refractivity contribution in [2.75, 3.05) is 19.0 Å². The van der Waals surface area contributed by atoms with Crippen LogP contribution in [0.1, 0.15) is 0 Å². The summed E-state index contributed by atoms with van der Waals surface area (Å²) in [6, 6.07) is -0.275. The number of epoxide rings is 1. The Hall–Kier alpha value is -0.660. The molecule has 2 rings (SSSR count). The zero-order valence-electron chi connectivity index (χ0n) is 7.88. The van der Waals surface area contributed by atoms with E-state index in [0.29, 0.717) is 13.2 Å². The Bertz CT molecular complexity index is 385. The predicted octanol–water partition coefficient (Wildman–Crippen LogP) is -0.413. The Kier molecular flexibility index (Phi) is 2.94. The van der Waals surface area contributed by atoms with Crippen molar-refractivity contribution >= 4 is 27.2 Å². The molecule has 1 fully saturated rings. The van der Waals surface area contributed by atoms with Crippen LogP contribution in [0.3, 0.4) is 0 Å². The van der Waals surface area contributed by atoms with Crippen LogP contribution in [0.4, 0.5) is 0 Å². The molecule has 0 bridgehead atoms. The first-order valence-corrected chi connectivity index (χ1v) is 6.63. The minimum Gasteiger partial charge on any atom is -0.468 e. The summed E-state index contributed by atoms with van der Waals surface area (Å²) in [5.74, 6) is 0.0381. The molecule has 1 N–H and O–H groups in total. The van der Waals surface area contributed by atoms with E-state index in [0.717, 1.165) is 0 Å². The quantitative estimate of drug-likeness (QED) is 0.541. The number of ether oxygens (including phenoxy) is 2. The van der Waals surface area contributed by atoms with Gasteiger partial charge in [-0.25, -0.2) is 8.42 Å². The lowest BCUT2D eigenvalue weighted by atomic mass is 10.3. The first kappa shape index (κ1) is 10.8. The minimum atomic E-state index is -3.04. The molecule has 2 aliphatic heterocycles. The summed E-state index contributed by atoms with van der Waals surface area (Å²) in [6.45, 7) is 1.13. The van der Waals surface area contributed by atoms with Crippen molar-refractivity contribution in [3.63, 3.8) is 0 Å². The number of thiocarbonyl (C=S) groups is 1. The largest absolute Gasteiger partial charge is 0.468 e. The van der Waals surface area contributed by atoms with Crippen LogP contribution in [0.2, 0.25) is 0 Å². The number of sulfone groups is 1. The van der Waals surface area contributed by atoms with Gasteiger partial charge in [-0.15, -0.1) is 0 Å². The first-order chi connectivity index (χ1) is 7.05. The predicted molar refractivity (Wildman–Crippen MR) is 58.1 cm³/mol. The van der Waals surface area contributed by atoms with Gasteiger partial charge < -0.3 is 14.8 Å². The number of rotatable bonds is 3. The molecule has 1 saturated heterocycles. The van der Waals surface area contributed by atoms with Gasteiger partial charge in [0.15, 0.2) is 9.84 Å². The normalized spacial score (nSPS) is 31.2. The zero-order valence-corrected chi connectivity index (χ0v) is 9.51. The molecule has 0 unspecified atom stereocenters. The van der Waals surface area contributed by atoms with Gasteiger partial charge in [0.1, 0.15) is 12.7 Å². The SMILES string of the molecule is O=S1(=O)C=C[C@H](NC(=S)OC[C@H]2CO2)C1. The van der Waals surface area contributed by atoms with Gasteiger partial charge in [0.25, 0.3) is 5.17 Å². The van der Waals surface area contributed by atoms with Gasteiger partial charge in [0, 0.05) is 5.41 Å². The molecular formula is C8H11NO4S2. The third-order valence-electron chi connectivity index (χ3n) is 2.04. The smallest absolute Gasteiger partial charge is 0.257 e. The van der Waals surface area contributed by atoms with Gasteiger partial charge in [0.05, 0.1) is 18.4 Å². The van der Waals surface area contributed by atoms with Crippen molar-refractivity contribution in [1.82, 2.24) is 5.32 Å². The maximum Gasteiger partial charge on any atom is 0.257 e. The lowest BCUT2D eigenvalue weighted by Gasteiger charge is -2.12. The van der Waals surface area contributed by atoms with Crippen LogP contribution in [0.5, 0.6) is 0 Å². The van der Waals surface area contributed by atoms with Crippen LogP contribution < -0.4 is 5.32 Å². The van der Waals surface area contributed by atoms with Gasteiger partial charge in [-0.2, -0.15) is 0 Å². The summed E-state index contributed by atoms with van der Waals surface area (Å²) in [5, 5.41) is 4.22. The van der Waals surface area contributed by atoms with Crippen molar-refractivity contribution < 1.29 is 17.9 Å². The molecule has 2 atom stereocenters. The molecule has 0 aromatic rings. The van der Waals surface area contributed by atoms with Crippen LogP contribution in [-0.4, -0.2) is 44.7 Å². The summed E-state index contributed by atoms with van der Waals surface area (Å²) >= 11 is 4.89. The van der Waals surface area contributed by atoms with E-state index in [-0.39, 0.29) is 23.1 Å². The topological polar surface area (TPSA) is 67.9 Å². The molecule has 84 valence electrons. The fraction of sp³-hybridized carbons (Fsp3) is 0.625. The van der Waals surface area contributed by atoms with Crippen molar-refractivity contribution in [3.8, 4) is 0 Å². The highest BCUT2D eigenvalue weighted by Crippen LogP contribution is 2.10. The Labute approximate surface area is 93.4 Å². The third kappa shape index (κ3) is 3.44. The highest BCUT2D eigenvalue weighted by atomic mass is 32.2. The van der Waals surface area contributed by atoms with Crippen molar-refractivity contribution in [1.29, 1.82) is 0 Å². The fourth-order valence-electron chi connectivity index (χ4n) is 1.19. The van der Waals surface area contributed by atoms with Crippen LogP contribution in [0.25, 0.3) is 0 Å². The fourth-order valence-corrected chi connectivity index (χ4v) is 2.65. The van der Waals surface area contributed by atoms with E-state index in [1.54, 1.807) is 6.08 Å². The van der Waals surface area contributed by atoms with E-state index >= 15 is 0 Å². The van der Waals surface area contributed by atoms with E-state index < -0.39 is 9.84 Å². The van der Waals surface area contributed by atoms with Crippen LogP contribution in [0, 0.1) is 0 Å². The monoisotopic (exact) mass is 249 g/mol. The average Bonchev–Trinajstić information content (AvgIpc) is 2.89. The Morgan fingerprint density at radius 3 is 2.93 bits per heavy atom. The number of nitrogens with one attached hydrogen (secondary N) is 1. The number of hydrogen-bond acceptors (Lipinski definition) is 5. The van der Waals surface area contributed by atoms with Crippen LogP contribution in [0.15, 0.2) is 11.5 Å². The first-order valence-electron chi connectivity index (χ1n) is 4.51. The summed E-state index contributed by atoms with van der Waals surface area (Å²) in [5.41, 5.74) is 0. The summed E-state index contributed by atoms with van der Waals surface area (Å²) in [7, 11) is -3.04. The van der Waals surface area contributed by atoms with Crippen molar-refractivity contribution in [2.45, 2.75) is 12.1 Å². The van der Waals surface area contributed by atoms with E-state index in [4.69, 9.17) is 21.7 Å². The minimum absolute atomic E-state index is 0.0381. The van der Waals surface area contributed by atoms with Gasteiger partial charge >= 0.3 is 0 Å². The molecule has 7 heteroatoms. The highest BCUT2D eigenvalue weighted by molar-refractivity contribution is 7.94. The third-order valence-corrected chi connectivity index (χ3v) is 3.67. The lowest BCUT2D eigenvalue weighted by molar-refractivity contribution is 0.248. The highest BCUT2D eigenvalue weighted by Gasteiger charge is 2.25. The average molecular weight is 249 g/mol. The molecule has 0 aromatic carbocycles. The molecule has 0 saturated carbocycles. The molecule has 0 amide bonds. The zero-order chi connectivity index (χ0) is 10.9. The molecule has 0 spiro atoms. The van der Waals surface area contributed by atoms with Crippen LogP contribution >= 0.6 is 12.2 Å². The Morgan fingerprint density at radius 2 is 2.40 bits per heavy atom. The summed E-state index contributed by atoms with van der Waals surface area (Å²) in [6.07, 6.45) is 1.71. The van der Waals surface area contributed by atoms with E-state index in [2.05, 4.69) is 5.32 Å². The molecule has 2 aliphatic rings. The maximum absolute atomic E-state index is 11.1. The standard InChI is InChI=1S/C8H11NO4S2/c10-15(11)2-1-6(5-15)9-8(14)13-4-7-3-12-7/h1-2,6-7H,3-5H2,(H,9,14)/t6-,7+/m0/s1. The summed E-state index contributed by atoms with van der Waals surface area (Å²) in [4.78, 5) is 0. The second-order valence-electron chi connectivity index (χ2n) is 3.46. The van der Waals surface area contributed by atoms with Crippen LogP contribution in [-0.2, 0) is 19.3 Å². The van der Waals surface area contributed by atoms with Gasteiger partial charge in [-0.1, -0.05) is 0 Å². The molecule has 5 nitrogen and oxygen atoms in total. The molecule has 2 heterocycles. The Balaban J connectivity index is 1.72. The molecule has 15 heavy (non-hydrogen) atoms.